The number of methoxy groups -OCH3 is 1. The van der Waals surface area contributed by atoms with E-state index in [9.17, 15) is 14.4 Å². The van der Waals surface area contributed by atoms with Gasteiger partial charge in [-0.1, -0.05) is 0 Å². The van der Waals surface area contributed by atoms with E-state index >= 15 is 0 Å². The van der Waals surface area contributed by atoms with Gasteiger partial charge in [0, 0.05) is 11.4 Å². The zero-order valence-electron chi connectivity index (χ0n) is 12.2. The summed E-state index contributed by atoms with van der Waals surface area (Å²) in [6.07, 6.45) is 0. The number of carbonyl (C=O) groups excluding carboxylic acids is 2. The number of carboxylic acids is 1. The molecule has 23 heavy (non-hydrogen) atoms. The summed E-state index contributed by atoms with van der Waals surface area (Å²) in [7, 11) is 1.29. The molecule has 0 heterocycles. The van der Waals surface area contributed by atoms with Gasteiger partial charge in [-0.15, -0.1) is 0 Å². The van der Waals surface area contributed by atoms with Crippen LogP contribution >= 0.6 is 0 Å². The van der Waals surface area contributed by atoms with E-state index in [1.54, 1.807) is 12.1 Å². The van der Waals surface area contributed by atoms with Crippen molar-refractivity contribution in [2.45, 2.75) is 0 Å². The Morgan fingerprint density at radius 3 is 1.65 bits per heavy atom. The highest BCUT2D eigenvalue weighted by Gasteiger charge is 2.07. The number of hydrogen-bond donors (Lipinski definition) is 3. The number of hydrogen-bond acceptors (Lipinski definition) is 4. The van der Waals surface area contributed by atoms with Crippen LogP contribution in [0.3, 0.4) is 0 Å². The fourth-order valence-electron chi connectivity index (χ4n) is 1.80. The van der Waals surface area contributed by atoms with Gasteiger partial charge >= 0.3 is 18.0 Å². The summed E-state index contributed by atoms with van der Waals surface area (Å²) < 4.78 is 4.58. The molecule has 0 aromatic heterocycles. The number of esters is 1. The van der Waals surface area contributed by atoms with Gasteiger partial charge in [-0.2, -0.15) is 0 Å². The maximum absolute atomic E-state index is 11.8. The van der Waals surface area contributed by atoms with Gasteiger partial charge in [-0.05, 0) is 48.5 Å². The molecule has 7 nitrogen and oxygen atoms in total. The lowest BCUT2D eigenvalue weighted by Crippen LogP contribution is -2.19. The number of rotatable bonds is 4. The van der Waals surface area contributed by atoms with Gasteiger partial charge in [-0.3, -0.25) is 0 Å². The lowest BCUT2D eigenvalue weighted by atomic mass is 10.2. The van der Waals surface area contributed by atoms with Crippen molar-refractivity contribution in [2.24, 2.45) is 0 Å². The molecule has 0 aliphatic heterocycles. The van der Waals surface area contributed by atoms with E-state index in [4.69, 9.17) is 5.11 Å². The predicted octanol–water partition coefficient (Wildman–Crippen LogP) is 2.82. The Morgan fingerprint density at radius 2 is 1.26 bits per heavy atom. The molecule has 2 aromatic rings. The topological polar surface area (TPSA) is 105 Å². The SMILES string of the molecule is COC(=O)c1ccc(NC(=O)Nc2ccc(C(=O)O)cc2)cc1. The van der Waals surface area contributed by atoms with Gasteiger partial charge in [0.25, 0.3) is 0 Å². The van der Waals surface area contributed by atoms with Gasteiger partial charge in [0.1, 0.15) is 0 Å². The number of nitrogens with one attached hydrogen (secondary N) is 2. The van der Waals surface area contributed by atoms with Crippen molar-refractivity contribution in [3.05, 3.63) is 59.7 Å². The summed E-state index contributed by atoms with van der Waals surface area (Å²) in [6.45, 7) is 0. The molecular formula is C16H14N2O5. The first-order valence-corrected chi connectivity index (χ1v) is 6.59. The summed E-state index contributed by atoms with van der Waals surface area (Å²) >= 11 is 0. The smallest absolute Gasteiger partial charge is 0.337 e. The van der Waals surface area contributed by atoms with E-state index in [2.05, 4.69) is 15.4 Å². The summed E-state index contributed by atoms with van der Waals surface area (Å²) in [5, 5.41) is 14.0. The second kappa shape index (κ2) is 7.08. The Balaban J connectivity index is 1.96. The number of benzene rings is 2. The molecule has 3 N–H and O–H groups in total. The van der Waals surface area contributed by atoms with E-state index < -0.39 is 18.0 Å². The monoisotopic (exact) mass is 314 g/mol. The average Bonchev–Trinajstić information content (AvgIpc) is 2.55. The van der Waals surface area contributed by atoms with E-state index in [1.165, 1.54) is 43.5 Å². The molecule has 2 rings (SSSR count). The molecule has 2 aromatic carbocycles. The maximum Gasteiger partial charge on any atom is 0.337 e. The van der Waals surface area contributed by atoms with Crippen LogP contribution < -0.4 is 10.6 Å². The van der Waals surface area contributed by atoms with Gasteiger partial charge in [0.2, 0.25) is 0 Å². The molecule has 0 aliphatic carbocycles. The second-order valence-corrected chi connectivity index (χ2v) is 4.53. The zero-order valence-corrected chi connectivity index (χ0v) is 12.2. The van der Waals surface area contributed by atoms with Gasteiger partial charge in [0.05, 0.1) is 18.2 Å². The fourth-order valence-corrected chi connectivity index (χ4v) is 1.80. The van der Waals surface area contributed by atoms with Gasteiger partial charge < -0.3 is 20.5 Å². The minimum atomic E-state index is -1.04. The summed E-state index contributed by atoms with van der Waals surface area (Å²) in [5.74, 6) is -1.49. The fraction of sp³-hybridized carbons (Fsp3) is 0.0625. The summed E-state index contributed by atoms with van der Waals surface area (Å²) in [4.78, 5) is 33.9. The molecule has 0 fully saturated rings. The standard InChI is InChI=1S/C16H14N2O5/c1-23-15(21)11-4-8-13(9-5-11)18-16(22)17-12-6-2-10(3-7-12)14(19)20/h2-9H,1H3,(H,19,20)(H2,17,18,22). The van der Waals surface area contributed by atoms with Crippen LogP contribution in [0.2, 0.25) is 0 Å². The van der Waals surface area contributed by atoms with Gasteiger partial charge in [0.15, 0.2) is 0 Å². The van der Waals surface area contributed by atoms with E-state index in [1.807, 2.05) is 0 Å². The van der Waals surface area contributed by atoms with E-state index in [0.29, 0.717) is 16.9 Å². The van der Waals surface area contributed by atoms with Crippen molar-refractivity contribution in [2.75, 3.05) is 17.7 Å². The second-order valence-electron chi connectivity index (χ2n) is 4.53. The van der Waals surface area contributed by atoms with Crippen LogP contribution in [0.1, 0.15) is 20.7 Å². The Labute approximate surface area is 131 Å². The number of aromatic carboxylic acids is 1. The molecule has 0 atom stereocenters. The zero-order chi connectivity index (χ0) is 16.8. The van der Waals surface area contributed by atoms with Crippen LogP contribution in [0.15, 0.2) is 48.5 Å². The first-order chi connectivity index (χ1) is 11.0. The maximum atomic E-state index is 11.8. The van der Waals surface area contributed by atoms with Crippen molar-refractivity contribution >= 4 is 29.3 Å². The molecule has 118 valence electrons. The van der Waals surface area contributed by atoms with Crippen molar-refractivity contribution in [3.8, 4) is 0 Å². The molecule has 0 saturated carbocycles. The Kier molecular flexibility index (Phi) is 4.93. The van der Waals surface area contributed by atoms with E-state index in [0.717, 1.165) is 0 Å². The quantitative estimate of drug-likeness (QED) is 0.753. The van der Waals surface area contributed by atoms with Crippen LogP contribution in [0, 0.1) is 0 Å². The van der Waals surface area contributed by atoms with Crippen LogP contribution in [0.5, 0.6) is 0 Å². The number of anilines is 2. The normalized spacial score (nSPS) is 9.78. The van der Waals surface area contributed by atoms with Crippen LogP contribution in [-0.2, 0) is 4.74 Å². The third-order valence-corrected chi connectivity index (χ3v) is 2.95. The third-order valence-electron chi connectivity index (χ3n) is 2.95. The average molecular weight is 314 g/mol. The minimum Gasteiger partial charge on any atom is -0.478 e. The highest BCUT2D eigenvalue weighted by Crippen LogP contribution is 2.13. The molecule has 0 saturated heterocycles. The first-order valence-electron chi connectivity index (χ1n) is 6.59. The Morgan fingerprint density at radius 1 is 0.826 bits per heavy atom. The van der Waals surface area contributed by atoms with Crippen molar-refractivity contribution < 1.29 is 24.2 Å². The minimum absolute atomic E-state index is 0.134. The molecule has 0 spiro atoms. The third kappa shape index (κ3) is 4.31. The molecule has 7 heteroatoms. The largest absolute Gasteiger partial charge is 0.478 e. The number of ether oxygens (including phenoxy) is 1. The number of carbonyl (C=O) groups is 3. The lowest BCUT2D eigenvalue weighted by Gasteiger charge is -2.08. The van der Waals surface area contributed by atoms with Crippen LogP contribution in [0.25, 0.3) is 0 Å². The van der Waals surface area contributed by atoms with E-state index in [-0.39, 0.29) is 5.56 Å². The molecule has 0 unspecified atom stereocenters. The van der Waals surface area contributed by atoms with Crippen molar-refractivity contribution in [1.29, 1.82) is 0 Å². The van der Waals surface area contributed by atoms with Gasteiger partial charge in [-0.25, -0.2) is 14.4 Å². The first kappa shape index (κ1) is 16.0. The molecule has 0 aliphatic rings. The Hall–Kier alpha value is -3.35. The lowest BCUT2D eigenvalue weighted by molar-refractivity contribution is 0.0600. The number of urea groups is 1. The summed E-state index contributed by atoms with van der Waals surface area (Å²) in [5.41, 5.74) is 1.47. The Bertz CT molecular complexity index is 723. The van der Waals surface area contributed by atoms with Crippen molar-refractivity contribution in [1.82, 2.24) is 0 Å². The summed E-state index contributed by atoms with van der Waals surface area (Å²) in [6, 6.07) is 11.5. The molecule has 0 bridgehead atoms. The number of carboxylic acid groups (broad SMARTS) is 1. The number of amides is 2. The van der Waals surface area contributed by atoms with Crippen LogP contribution in [0.4, 0.5) is 16.2 Å². The molecular weight excluding hydrogens is 300 g/mol. The van der Waals surface area contributed by atoms with Crippen LogP contribution in [-0.4, -0.2) is 30.2 Å². The predicted molar refractivity (Wildman–Crippen MR) is 83.8 cm³/mol. The highest BCUT2D eigenvalue weighted by atomic mass is 16.5. The van der Waals surface area contributed by atoms with Crippen molar-refractivity contribution in [3.63, 3.8) is 0 Å². The molecule has 0 radical (unpaired) electrons. The molecule has 2 amide bonds. The highest BCUT2D eigenvalue weighted by molar-refractivity contribution is 6.00.